The number of thiophene rings is 1. The smallest absolute Gasteiger partial charge is 0.340 e. The van der Waals surface area contributed by atoms with Crippen LogP contribution in [0, 0.1) is 0 Å². The van der Waals surface area contributed by atoms with Gasteiger partial charge in [0.05, 0.1) is 18.7 Å². The molecular weight excluding hydrogens is 272 g/mol. The molecule has 0 aliphatic heterocycles. The second-order valence-corrected chi connectivity index (χ2v) is 4.31. The number of esters is 1. The maximum absolute atomic E-state index is 11.0. The predicted octanol–water partition coefficient (Wildman–Crippen LogP) is 1.73. The Labute approximate surface area is 93.6 Å². The van der Waals surface area contributed by atoms with Gasteiger partial charge in [0, 0.05) is 4.88 Å². The highest BCUT2D eigenvalue weighted by atomic mass is 79.9. The number of halogens is 1. The van der Waals surface area contributed by atoms with E-state index in [1.807, 2.05) is 0 Å². The van der Waals surface area contributed by atoms with E-state index in [2.05, 4.69) is 20.7 Å². The third kappa shape index (κ3) is 2.26. The van der Waals surface area contributed by atoms with Gasteiger partial charge in [-0.3, -0.25) is 0 Å². The zero-order chi connectivity index (χ0) is 10.7. The lowest BCUT2D eigenvalue weighted by Gasteiger charge is -2.04. The Balaban J connectivity index is 2.90. The summed E-state index contributed by atoms with van der Waals surface area (Å²) in [5, 5.41) is 10.1. The van der Waals surface area contributed by atoms with Gasteiger partial charge in [-0.2, -0.15) is 0 Å². The van der Waals surface area contributed by atoms with E-state index >= 15 is 0 Å². The van der Waals surface area contributed by atoms with Crippen LogP contribution < -0.4 is 4.74 Å². The van der Waals surface area contributed by atoms with Crippen LogP contribution >= 0.6 is 27.3 Å². The summed E-state index contributed by atoms with van der Waals surface area (Å²) in [6.07, 6.45) is -1.25. The zero-order valence-electron chi connectivity index (χ0n) is 7.61. The molecule has 1 aromatic heterocycles. The van der Waals surface area contributed by atoms with Gasteiger partial charge in [-0.05, 0) is 22.0 Å². The molecule has 4 nitrogen and oxygen atoms in total. The van der Waals surface area contributed by atoms with E-state index in [9.17, 15) is 9.90 Å². The van der Waals surface area contributed by atoms with Crippen molar-refractivity contribution >= 4 is 33.2 Å². The number of aliphatic hydroxyl groups is 1. The maximum Gasteiger partial charge on any atom is 0.340 e. The third-order valence-electron chi connectivity index (χ3n) is 1.55. The minimum atomic E-state index is -1.25. The number of aliphatic hydroxyl groups excluding tert-OH is 1. The fraction of sp³-hybridized carbons (Fsp3) is 0.375. The number of ether oxygens (including phenoxy) is 2. The molecule has 1 N–H and O–H groups in total. The average Bonchev–Trinajstić information content (AvgIpc) is 2.57. The molecule has 0 spiro atoms. The van der Waals surface area contributed by atoms with E-state index in [1.165, 1.54) is 25.6 Å². The molecule has 78 valence electrons. The molecular formula is C8H9BrO4S. The molecule has 0 aliphatic rings. The normalized spacial score (nSPS) is 12.3. The van der Waals surface area contributed by atoms with E-state index in [0.717, 1.165) is 0 Å². The van der Waals surface area contributed by atoms with Gasteiger partial charge in [0.1, 0.15) is 0 Å². The molecule has 0 amide bonds. The first kappa shape index (κ1) is 11.5. The van der Waals surface area contributed by atoms with E-state index in [1.54, 1.807) is 6.07 Å². The number of rotatable bonds is 3. The van der Waals surface area contributed by atoms with Crippen molar-refractivity contribution in [2.24, 2.45) is 0 Å². The van der Waals surface area contributed by atoms with Crippen molar-refractivity contribution in [2.75, 3.05) is 14.2 Å². The highest BCUT2D eigenvalue weighted by Crippen LogP contribution is 2.37. The molecule has 0 saturated heterocycles. The topological polar surface area (TPSA) is 55.8 Å². The SMILES string of the molecule is COC(=O)C(O)c1cc(Br)c(OC)s1. The lowest BCUT2D eigenvalue weighted by atomic mass is 10.3. The van der Waals surface area contributed by atoms with Crippen LogP contribution in [0.5, 0.6) is 5.06 Å². The van der Waals surface area contributed by atoms with Crippen LogP contribution in [0.2, 0.25) is 0 Å². The number of hydrogen-bond acceptors (Lipinski definition) is 5. The van der Waals surface area contributed by atoms with Gasteiger partial charge >= 0.3 is 5.97 Å². The molecule has 0 aromatic carbocycles. The number of hydrogen-bond donors (Lipinski definition) is 1. The molecule has 1 aromatic rings. The van der Waals surface area contributed by atoms with Crippen LogP contribution in [0.3, 0.4) is 0 Å². The standard InChI is InChI=1S/C8H9BrO4S/c1-12-7(11)6(10)5-3-4(9)8(13-2)14-5/h3,6,10H,1-2H3. The minimum Gasteiger partial charge on any atom is -0.486 e. The van der Waals surface area contributed by atoms with Gasteiger partial charge in [-0.15, -0.1) is 0 Å². The first-order valence-electron chi connectivity index (χ1n) is 3.69. The summed E-state index contributed by atoms with van der Waals surface area (Å²) >= 11 is 4.43. The quantitative estimate of drug-likeness (QED) is 0.857. The van der Waals surface area contributed by atoms with E-state index in [0.29, 0.717) is 14.4 Å². The van der Waals surface area contributed by atoms with Crippen molar-refractivity contribution in [1.29, 1.82) is 0 Å². The molecule has 1 heterocycles. The molecule has 6 heteroatoms. The summed E-state index contributed by atoms with van der Waals surface area (Å²) in [6.45, 7) is 0. The fourth-order valence-corrected chi connectivity index (χ4v) is 2.51. The minimum absolute atomic E-state index is 0.487. The number of carbonyl (C=O) groups is 1. The third-order valence-corrected chi connectivity index (χ3v) is 3.55. The largest absolute Gasteiger partial charge is 0.486 e. The fourth-order valence-electron chi connectivity index (χ4n) is 0.871. The van der Waals surface area contributed by atoms with Crippen molar-refractivity contribution in [3.63, 3.8) is 0 Å². The zero-order valence-corrected chi connectivity index (χ0v) is 10.0. The Kier molecular flexibility index (Phi) is 3.91. The molecule has 0 fully saturated rings. The van der Waals surface area contributed by atoms with E-state index < -0.39 is 12.1 Å². The van der Waals surface area contributed by atoms with Gasteiger partial charge in [0.15, 0.2) is 11.2 Å². The second kappa shape index (κ2) is 4.77. The lowest BCUT2D eigenvalue weighted by Crippen LogP contribution is -2.11. The monoisotopic (exact) mass is 280 g/mol. The average molecular weight is 281 g/mol. The second-order valence-electron chi connectivity index (χ2n) is 2.41. The Morgan fingerprint density at radius 1 is 1.64 bits per heavy atom. The molecule has 1 unspecified atom stereocenters. The molecule has 1 atom stereocenters. The van der Waals surface area contributed by atoms with Crippen molar-refractivity contribution in [3.05, 3.63) is 15.4 Å². The van der Waals surface area contributed by atoms with Crippen molar-refractivity contribution in [3.8, 4) is 5.06 Å². The Morgan fingerprint density at radius 3 is 2.71 bits per heavy atom. The summed E-state index contributed by atoms with van der Waals surface area (Å²) in [7, 11) is 2.75. The summed E-state index contributed by atoms with van der Waals surface area (Å²) < 4.78 is 10.1. The Bertz CT molecular complexity index is 336. The summed E-state index contributed by atoms with van der Waals surface area (Å²) in [5.41, 5.74) is 0. The molecule has 0 radical (unpaired) electrons. The maximum atomic E-state index is 11.0. The van der Waals surface area contributed by atoms with Crippen LogP contribution in [0.15, 0.2) is 10.5 Å². The summed E-state index contributed by atoms with van der Waals surface area (Å²) in [4.78, 5) is 11.5. The lowest BCUT2D eigenvalue weighted by molar-refractivity contribution is -0.150. The van der Waals surface area contributed by atoms with Crippen LogP contribution in [0.1, 0.15) is 11.0 Å². The summed E-state index contributed by atoms with van der Waals surface area (Å²) in [6, 6.07) is 1.63. The molecule has 14 heavy (non-hydrogen) atoms. The number of methoxy groups -OCH3 is 2. The van der Waals surface area contributed by atoms with Gasteiger partial charge in [0.25, 0.3) is 0 Å². The van der Waals surface area contributed by atoms with Crippen molar-refractivity contribution < 1.29 is 19.4 Å². The molecule has 0 saturated carbocycles. The van der Waals surface area contributed by atoms with Gasteiger partial charge in [-0.1, -0.05) is 11.3 Å². The van der Waals surface area contributed by atoms with Gasteiger partial charge < -0.3 is 14.6 Å². The van der Waals surface area contributed by atoms with Crippen LogP contribution in [-0.4, -0.2) is 25.3 Å². The highest BCUT2D eigenvalue weighted by molar-refractivity contribution is 9.10. The van der Waals surface area contributed by atoms with Crippen LogP contribution in [-0.2, 0) is 9.53 Å². The van der Waals surface area contributed by atoms with E-state index in [4.69, 9.17) is 4.74 Å². The van der Waals surface area contributed by atoms with Crippen LogP contribution in [0.4, 0.5) is 0 Å². The Morgan fingerprint density at radius 2 is 2.29 bits per heavy atom. The van der Waals surface area contributed by atoms with Crippen molar-refractivity contribution in [1.82, 2.24) is 0 Å². The molecule has 0 aliphatic carbocycles. The molecule has 0 bridgehead atoms. The molecule has 1 rings (SSSR count). The van der Waals surface area contributed by atoms with Crippen LogP contribution in [0.25, 0.3) is 0 Å². The predicted molar refractivity (Wildman–Crippen MR) is 55.5 cm³/mol. The first-order valence-corrected chi connectivity index (χ1v) is 5.30. The number of carbonyl (C=O) groups excluding carboxylic acids is 1. The highest BCUT2D eigenvalue weighted by Gasteiger charge is 2.21. The van der Waals surface area contributed by atoms with Crippen molar-refractivity contribution in [2.45, 2.75) is 6.10 Å². The first-order chi connectivity index (χ1) is 6.60. The van der Waals surface area contributed by atoms with E-state index in [-0.39, 0.29) is 0 Å². The van der Waals surface area contributed by atoms with Gasteiger partial charge in [0.2, 0.25) is 0 Å². The Hall–Kier alpha value is -0.590. The summed E-state index contributed by atoms with van der Waals surface area (Å²) in [5.74, 6) is -0.679. The van der Waals surface area contributed by atoms with Gasteiger partial charge in [-0.25, -0.2) is 4.79 Å².